The number of rotatable bonds is 2. The maximum absolute atomic E-state index is 13.8. The Morgan fingerprint density at radius 3 is 2.53 bits per heavy atom. The van der Waals surface area contributed by atoms with Crippen LogP contribution in [-0.2, 0) is 0 Å². The molecular weight excluding hydrogens is 272 g/mol. The highest BCUT2D eigenvalue weighted by atomic mass is 35.5. The smallest absolute Gasteiger partial charge is 0.258 e. The van der Waals surface area contributed by atoms with Crippen molar-refractivity contribution in [3.8, 4) is 0 Å². The second-order valence-electron chi connectivity index (χ2n) is 3.99. The van der Waals surface area contributed by atoms with E-state index in [-0.39, 0.29) is 16.3 Å². The van der Waals surface area contributed by atoms with Gasteiger partial charge in [0, 0.05) is 0 Å². The Bertz CT molecular complexity index is 643. The SMILES string of the molecule is Cc1cccc(C(=O)Nc2cccc(Cl)c2F)c1F. The first-order valence-corrected chi connectivity index (χ1v) is 5.89. The lowest BCUT2D eigenvalue weighted by molar-refractivity contribution is 0.102. The van der Waals surface area contributed by atoms with Crippen molar-refractivity contribution in [1.29, 1.82) is 0 Å². The van der Waals surface area contributed by atoms with E-state index in [4.69, 9.17) is 11.6 Å². The van der Waals surface area contributed by atoms with Gasteiger partial charge < -0.3 is 5.32 Å². The zero-order chi connectivity index (χ0) is 14.0. The van der Waals surface area contributed by atoms with Crippen LogP contribution >= 0.6 is 11.6 Å². The lowest BCUT2D eigenvalue weighted by atomic mass is 10.1. The fourth-order valence-electron chi connectivity index (χ4n) is 1.61. The molecule has 2 aromatic carbocycles. The number of hydrogen-bond acceptors (Lipinski definition) is 1. The molecule has 0 aliphatic rings. The second kappa shape index (κ2) is 5.36. The van der Waals surface area contributed by atoms with Gasteiger partial charge in [-0.05, 0) is 30.7 Å². The van der Waals surface area contributed by atoms with Crippen LogP contribution < -0.4 is 5.32 Å². The van der Waals surface area contributed by atoms with Crippen molar-refractivity contribution in [2.45, 2.75) is 6.92 Å². The van der Waals surface area contributed by atoms with Crippen LogP contribution in [-0.4, -0.2) is 5.91 Å². The van der Waals surface area contributed by atoms with Crippen LogP contribution in [0.3, 0.4) is 0 Å². The highest BCUT2D eigenvalue weighted by Crippen LogP contribution is 2.23. The van der Waals surface area contributed by atoms with Gasteiger partial charge in [-0.1, -0.05) is 29.8 Å². The van der Waals surface area contributed by atoms with Gasteiger partial charge in [0.2, 0.25) is 0 Å². The number of hydrogen-bond donors (Lipinski definition) is 1. The summed E-state index contributed by atoms with van der Waals surface area (Å²) in [6.07, 6.45) is 0. The number of nitrogens with one attached hydrogen (secondary N) is 1. The van der Waals surface area contributed by atoms with Gasteiger partial charge in [0.05, 0.1) is 16.3 Å². The zero-order valence-corrected chi connectivity index (χ0v) is 10.8. The van der Waals surface area contributed by atoms with Gasteiger partial charge in [-0.3, -0.25) is 4.79 Å². The Hall–Kier alpha value is -1.94. The zero-order valence-electron chi connectivity index (χ0n) is 10.0. The van der Waals surface area contributed by atoms with Crippen LogP contribution in [0.15, 0.2) is 36.4 Å². The van der Waals surface area contributed by atoms with Crippen LogP contribution in [0.2, 0.25) is 5.02 Å². The first-order valence-electron chi connectivity index (χ1n) is 5.51. The number of aryl methyl sites for hydroxylation is 1. The van der Waals surface area contributed by atoms with Crippen LogP contribution in [0.1, 0.15) is 15.9 Å². The van der Waals surface area contributed by atoms with Crippen molar-refractivity contribution in [1.82, 2.24) is 0 Å². The molecule has 0 aliphatic heterocycles. The van der Waals surface area contributed by atoms with Gasteiger partial charge in [-0.2, -0.15) is 0 Å². The van der Waals surface area contributed by atoms with Crippen molar-refractivity contribution in [2.75, 3.05) is 5.32 Å². The standard InChI is InChI=1S/C14H10ClF2NO/c1-8-4-2-5-9(12(8)16)14(19)18-11-7-3-6-10(15)13(11)17/h2-7H,1H3,(H,18,19). The summed E-state index contributed by atoms with van der Waals surface area (Å²) in [5.74, 6) is -2.09. The van der Waals surface area contributed by atoms with Gasteiger partial charge in [-0.25, -0.2) is 8.78 Å². The van der Waals surface area contributed by atoms with Crippen LogP contribution in [0.25, 0.3) is 0 Å². The summed E-state index contributed by atoms with van der Waals surface area (Å²) in [6, 6.07) is 8.65. The normalized spacial score (nSPS) is 10.3. The summed E-state index contributed by atoms with van der Waals surface area (Å²) in [5.41, 5.74) is 0.122. The predicted molar refractivity (Wildman–Crippen MR) is 70.5 cm³/mol. The highest BCUT2D eigenvalue weighted by molar-refractivity contribution is 6.31. The molecule has 2 nitrogen and oxygen atoms in total. The Labute approximate surface area is 114 Å². The summed E-state index contributed by atoms with van der Waals surface area (Å²) in [5, 5.41) is 2.19. The summed E-state index contributed by atoms with van der Waals surface area (Å²) < 4.78 is 27.4. The van der Waals surface area contributed by atoms with Gasteiger partial charge in [-0.15, -0.1) is 0 Å². The third kappa shape index (κ3) is 2.74. The molecule has 19 heavy (non-hydrogen) atoms. The first-order chi connectivity index (χ1) is 9.00. The van der Waals surface area contributed by atoms with Gasteiger partial charge in [0.1, 0.15) is 5.82 Å². The molecule has 0 aliphatic carbocycles. The number of anilines is 1. The summed E-state index contributed by atoms with van der Waals surface area (Å²) in [7, 11) is 0. The predicted octanol–water partition coefficient (Wildman–Crippen LogP) is 4.18. The second-order valence-corrected chi connectivity index (χ2v) is 4.40. The van der Waals surface area contributed by atoms with Crippen LogP contribution in [0, 0.1) is 18.6 Å². The van der Waals surface area contributed by atoms with Crippen molar-refractivity contribution >= 4 is 23.2 Å². The molecule has 0 heterocycles. The van der Waals surface area contributed by atoms with E-state index in [1.54, 1.807) is 19.1 Å². The molecule has 5 heteroatoms. The van der Waals surface area contributed by atoms with E-state index in [1.165, 1.54) is 24.3 Å². The summed E-state index contributed by atoms with van der Waals surface area (Å²) in [4.78, 5) is 11.9. The minimum Gasteiger partial charge on any atom is -0.319 e. The molecule has 0 saturated heterocycles. The Balaban J connectivity index is 2.31. The quantitative estimate of drug-likeness (QED) is 0.879. The number of carbonyl (C=O) groups is 1. The van der Waals surface area contributed by atoms with E-state index in [1.807, 2.05) is 0 Å². The van der Waals surface area contributed by atoms with Gasteiger partial charge >= 0.3 is 0 Å². The molecule has 0 unspecified atom stereocenters. The molecule has 0 spiro atoms. The molecular formula is C14H10ClF2NO. The van der Waals surface area contributed by atoms with Crippen molar-refractivity contribution < 1.29 is 13.6 Å². The fourth-order valence-corrected chi connectivity index (χ4v) is 1.79. The third-order valence-corrected chi connectivity index (χ3v) is 2.93. The van der Waals surface area contributed by atoms with E-state index in [0.717, 1.165) is 0 Å². The summed E-state index contributed by atoms with van der Waals surface area (Å²) in [6.45, 7) is 1.55. The molecule has 98 valence electrons. The minimum atomic E-state index is -0.745. The Kier molecular flexibility index (Phi) is 3.81. The molecule has 1 amide bonds. The van der Waals surface area contributed by atoms with E-state index in [9.17, 15) is 13.6 Å². The molecule has 0 fully saturated rings. The minimum absolute atomic E-state index is 0.0848. The van der Waals surface area contributed by atoms with E-state index >= 15 is 0 Å². The first kappa shape index (κ1) is 13.5. The Morgan fingerprint density at radius 2 is 1.79 bits per heavy atom. The maximum Gasteiger partial charge on any atom is 0.258 e. The van der Waals surface area contributed by atoms with Gasteiger partial charge in [0.25, 0.3) is 5.91 Å². The Morgan fingerprint density at radius 1 is 1.11 bits per heavy atom. The molecule has 0 atom stereocenters. The topological polar surface area (TPSA) is 29.1 Å². The average Bonchev–Trinajstić information content (AvgIpc) is 2.38. The van der Waals surface area contributed by atoms with E-state index < -0.39 is 17.5 Å². The molecule has 2 rings (SSSR count). The molecule has 0 bridgehead atoms. The van der Waals surface area contributed by atoms with Crippen LogP contribution in [0.5, 0.6) is 0 Å². The van der Waals surface area contributed by atoms with Crippen molar-refractivity contribution in [3.05, 3.63) is 64.2 Å². The molecule has 2 aromatic rings. The average molecular weight is 282 g/mol. The van der Waals surface area contributed by atoms with Crippen molar-refractivity contribution in [3.63, 3.8) is 0 Å². The number of amides is 1. The number of benzene rings is 2. The van der Waals surface area contributed by atoms with Crippen molar-refractivity contribution in [2.24, 2.45) is 0 Å². The molecule has 1 N–H and O–H groups in total. The third-order valence-electron chi connectivity index (χ3n) is 2.64. The molecule has 0 radical (unpaired) electrons. The summed E-state index contributed by atoms with van der Waals surface area (Å²) >= 11 is 5.60. The lowest BCUT2D eigenvalue weighted by Crippen LogP contribution is -2.15. The number of carbonyl (C=O) groups excluding carboxylic acids is 1. The fraction of sp³-hybridized carbons (Fsp3) is 0.0714. The highest BCUT2D eigenvalue weighted by Gasteiger charge is 2.15. The lowest BCUT2D eigenvalue weighted by Gasteiger charge is -2.08. The molecule has 0 aromatic heterocycles. The van der Waals surface area contributed by atoms with Gasteiger partial charge in [0.15, 0.2) is 5.82 Å². The monoisotopic (exact) mass is 281 g/mol. The number of halogens is 3. The van der Waals surface area contributed by atoms with E-state index in [2.05, 4.69) is 5.32 Å². The molecule has 0 saturated carbocycles. The van der Waals surface area contributed by atoms with E-state index in [0.29, 0.717) is 5.56 Å². The largest absolute Gasteiger partial charge is 0.319 e. The van der Waals surface area contributed by atoms with Crippen LogP contribution in [0.4, 0.5) is 14.5 Å². The maximum atomic E-state index is 13.8.